The third-order valence-corrected chi connectivity index (χ3v) is 10.2. The van der Waals surface area contributed by atoms with E-state index in [0.717, 1.165) is 32.1 Å². The van der Waals surface area contributed by atoms with Crippen molar-refractivity contribution in [2.45, 2.75) is 44.4 Å². The lowest BCUT2D eigenvalue weighted by Crippen LogP contribution is -2.44. The number of nitrogens with zero attached hydrogens (tertiary/aromatic N) is 4. The first-order valence-corrected chi connectivity index (χ1v) is 18.0. The van der Waals surface area contributed by atoms with Crippen molar-refractivity contribution in [3.05, 3.63) is 154 Å². The van der Waals surface area contributed by atoms with Gasteiger partial charge >= 0.3 is 0 Å². The van der Waals surface area contributed by atoms with E-state index in [-0.39, 0.29) is 31.4 Å². The number of hydrogen-bond acceptors (Lipinski definition) is 6. The summed E-state index contributed by atoms with van der Waals surface area (Å²) in [6, 6.07) is 30.5. The Kier molecular flexibility index (Phi) is 10.2. The van der Waals surface area contributed by atoms with Gasteiger partial charge in [0.25, 0.3) is 5.91 Å². The first kappa shape index (κ1) is 35.1. The monoisotopic (exact) mass is 758 g/mol. The summed E-state index contributed by atoms with van der Waals surface area (Å²) in [6.45, 7) is 2.52. The molecular formula is C41H39BrN6O4. The zero-order valence-electron chi connectivity index (χ0n) is 28.6. The Bertz CT molecular complexity index is 2250. The number of halogens is 1. The van der Waals surface area contributed by atoms with Crippen LogP contribution in [0.3, 0.4) is 0 Å². The van der Waals surface area contributed by atoms with Crippen LogP contribution in [-0.2, 0) is 34.7 Å². The fraction of sp³-hybridized carbons (Fsp3) is 0.220. The molecule has 0 bridgehead atoms. The standard InChI is InChI=1S/C41H39BrN6O4/c1-27(10-7-8-19-47-25-37(45-46-47)34(26-49)29-12-3-2-4-13-29)41(52)35-22-31(42)17-18-38(35)48(40(41)51)24-28-11-9-14-32(20-28)44-39(50)21-30-23-43-36-16-6-5-15-33(30)36/h2-7,9-18,20,22-23,25,27,34,43,49,52H,8,19,21,24,26H2,1H3,(H,44,50)/b10-7+/t27-,34?,41+/m0/s1. The Balaban J connectivity index is 1.02. The summed E-state index contributed by atoms with van der Waals surface area (Å²) in [7, 11) is 0. The van der Waals surface area contributed by atoms with Crippen LogP contribution in [-0.4, -0.2) is 48.6 Å². The first-order chi connectivity index (χ1) is 25.2. The van der Waals surface area contributed by atoms with E-state index in [2.05, 4.69) is 36.5 Å². The lowest BCUT2D eigenvalue weighted by molar-refractivity contribution is -0.139. The third-order valence-electron chi connectivity index (χ3n) is 9.72. The second-order valence-electron chi connectivity index (χ2n) is 13.2. The van der Waals surface area contributed by atoms with Crippen molar-refractivity contribution in [2.24, 2.45) is 5.92 Å². The summed E-state index contributed by atoms with van der Waals surface area (Å²) in [5.74, 6) is -1.36. The van der Waals surface area contributed by atoms with Crippen LogP contribution >= 0.6 is 15.9 Å². The van der Waals surface area contributed by atoms with E-state index in [1.807, 2.05) is 122 Å². The molecule has 4 aromatic carbocycles. The van der Waals surface area contributed by atoms with Gasteiger partial charge in [0.05, 0.1) is 36.9 Å². The Hall–Kier alpha value is -5.36. The summed E-state index contributed by atoms with van der Waals surface area (Å²) in [6.07, 6.45) is 8.34. The Morgan fingerprint density at radius 3 is 2.67 bits per heavy atom. The molecule has 0 aliphatic carbocycles. The molecule has 3 atom stereocenters. The number of H-pyrrole nitrogens is 1. The van der Waals surface area contributed by atoms with Crippen LogP contribution in [0.4, 0.5) is 11.4 Å². The third kappa shape index (κ3) is 7.07. The quantitative estimate of drug-likeness (QED) is 0.0953. The molecule has 0 saturated carbocycles. The topological polar surface area (TPSA) is 136 Å². The number of benzene rings is 4. The maximum atomic E-state index is 14.2. The van der Waals surface area contributed by atoms with E-state index >= 15 is 0 Å². The van der Waals surface area contributed by atoms with Crippen LogP contribution in [0.15, 0.2) is 126 Å². The van der Waals surface area contributed by atoms with Gasteiger partial charge in [-0.3, -0.25) is 14.3 Å². The predicted octanol–water partition coefficient (Wildman–Crippen LogP) is 6.84. The van der Waals surface area contributed by atoms with E-state index in [0.29, 0.717) is 35.6 Å². The molecule has 11 heteroatoms. The predicted molar refractivity (Wildman–Crippen MR) is 205 cm³/mol. The number of aryl methyl sites for hydroxylation is 1. The highest BCUT2D eigenvalue weighted by Crippen LogP contribution is 2.47. The minimum absolute atomic E-state index is 0.0736. The zero-order valence-corrected chi connectivity index (χ0v) is 30.2. The molecule has 0 saturated heterocycles. The van der Waals surface area contributed by atoms with Crippen molar-refractivity contribution in [3.63, 3.8) is 0 Å². The number of carbonyl (C=O) groups is 2. The van der Waals surface area contributed by atoms with Gasteiger partial charge in [-0.25, -0.2) is 0 Å². The molecule has 264 valence electrons. The van der Waals surface area contributed by atoms with Crippen LogP contribution in [0.2, 0.25) is 0 Å². The average Bonchev–Trinajstić information content (AvgIpc) is 3.84. The number of aromatic amines is 1. The molecule has 52 heavy (non-hydrogen) atoms. The molecule has 4 N–H and O–H groups in total. The highest BCUT2D eigenvalue weighted by molar-refractivity contribution is 9.10. The molecule has 7 rings (SSSR count). The lowest BCUT2D eigenvalue weighted by Gasteiger charge is -2.28. The van der Waals surface area contributed by atoms with E-state index in [4.69, 9.17) is 0 Å². The zero-order chi connectivity index (χ0) is 36.2. The normalized spacial score (nSPS) is 16.8. The van der Waals surface area contributed by atoms with Crippen molar-refractivity contribution in [1.82, 2.24) is 20.0 Å². The highest BCUT2D eigenvalue weighted by Gasteiger charge is 2.52. The van der Waals surface area contributed by atoms with Gasteiger partial charge in [0.15, 0.2) is 5.60 Å². The number of amides is 2. The summed E-state index contributed by atoms with van der Waals surface area (Å²) in [4.78, 5) is 32.0. The van der Waals surface area contributed by atoms with Crippen molar-refractivity contribution in [2.75, 3.05) is 16.8 Å². The van der Waals surface area contributed by atoms with Crippen LogP contribution < -0.4 is 10.2 Å². The summed E-state index contributed by atoms with van der Waals surface area (Å²) in [5, 5.41) is 34.7. The number of anilines is 2. The molecule has 10 nitrogen and oxygen atoms in total. The van der Waals surface area contributed by atoms with Gasteiger partial charge in [-0.05, 0) is 59.5 Å². The number of fused-ring (bicyclic) bond motifs is 2. The van der Waals surface area contributed by atoms with E-state index in [9.17, 15) is 19.8 Å². The summed E-state index contributed by atoms with van der Waals surface area (Å²) in [5.41, 5.74) is 4.38. The van der Waals surface area contributed by atoms with Crippen LogP contribution in [0.5, 0.6) is 0 Å². The number of para-hydroxylation sites is 1. The molecule has 6 aromatic rings. The molecule has 0 fully saturated rings. The van der Waals surface area contributed by atoms with Crippen LogP contribution in [0, 0.1) is 5.92 Å². The summed E-state index contributed by atoms with van der Waals surface area (Å²) < 4.78 is 2.49. The van der Waals surface area contributed by atoms with Crippen molar-refractivity contribution in [3.8, 4) is 0 Å². The Labute approximate surface area is 309 Å². The second-order valence-corrected chi connectivity index (χ2v) is 14.1. The molecule has 2 amide bonds. The molecular weight excluding hydrogens is 720 g/mol. The maximum Gasteiger partial charge on any atom is 0.264 e. The molecule has 1 unspecified atom stereocenters. The van der Waals surface area contributed by atoms with Gasteiger partial charge in [-0.15, -0.1) is 5.10 Å². The molecule has 1 aliphatic rings. The highest BCUT2D eigenvalue weighted by atomic mass is 79.9. The Morgan fingerprint density at radius 1 is 1.04 bits per heavy atom. The number of nitrogens with one attached hydrogen (secondary N) is 2. The number of rotatable bonds is 13. The van der Waals surface area contributed by atoms with Crippen LogP contribution in [0.25, 0.3) is 10.9 Å². The van der Waals surface area contributed by atoms with Gasteiger partial charge in [0.1, 0.15) is 0 Å². The second kappa shape index (κ2) is 15.1. The lowest BCUT2D eigenvalue weighted by atomic mass is 9.83. The molecule has 2 aromatic heterocycles. The largest absolute Gasteiger partial charge is 0.395 e. The van der Waals surface area contributed by atoms with Crippen molar-refractivity contribution < 1.29 is 19.8 Å². The minimum atomic E-state index is -1.79. The maximum absolute atomic E-state index is 14.2. The van der Waals surface area contributed by atoms with Gasteiger partial charge in [0, 0.05) is 51.5 Å². The number of allylic oxidation sites excluding steroid dienone is 1. The van der Waals surface area contributed by atoms with E-state index in [1.165, 1.54) is 0 Å². The van der Waals surface area contributed by atoms with Crippen molar-refractivity contribution in [1.29, 1.82) is 0 Å². The van der Waals surface area contributed by atoms with Gasteiger partial charge in [-0.2, -0.15) is 0 Å². The van der Waals surface area contributed by atoms with Gasteiger partial charge in [0.2, 0.25) is 5.91 Å². The smallest absolute Gasteiger partial charge is 0.264 e. The fourth-order valence-electron chi connectivity index (χ4n) is 6.95. The molecule has 1 aliphatic heterocycles. The molecule has 3 heterocycles. The number of hydrogen-bond donors (Lipinski definition) is 4. The van der Waals surface area contributed by atoms with Gasteiger partial charge < -0.3 is 25.4 Å². The van der Waals surface area contributed by atoms with E-state index in [1.54, 1.807) is 15.6 Å². The average molecular weight is 760 g/mol. The van der Waals surface area contributed by atoms with Gasteiger partial charge in [-0.1, -0.05) is 101 Å². The van der Waals surface area contributed by atoms with Crippen molar-refractivity contribution >= 4 is 50.0 Å². The fourth-order valence-corrected chi connectivity index (χ4v) is 7.31. The number of aliphatic hydroxyl groups is 2. The minimum Gasteiger partial charge on any atom is -0.395 e. The molecule has 0 spiro atoms. The van der Waals surface area contributed by atoms with Crippen LogP contribution in [0.1, 0.15) is 47.2 Å². The molecule has 0 radical (unpaired) electrons. The number of aliphatic hydroxyl groups excluding tert-OH is 1. The Morgan fingerprint density at radius 2 is 1.85 bits per heavy atom. The first-order valence-electron chi connectivity index (χ1n) is 17.2. The number of aromatic nitrogens is 4. The van der Waals surface area contributed by atoms with E-state index < -0.39 is 17.4 Å². The number of carbonyl (C=O) groups excluding carboxylic acids is 2. The SMILES string of the molecule is C[C@@H](/C=C/CCn1cc(C(CO)c2ccccc2)nn1)[C@]1(O)C(=O)N(Cc2cccc(NC(=O)Cc3c[nH]c4ccccc34)c2)c2ccc(Br)cc21. The summed E-state index contributed by atoms with van der Waals surface area (Å²) >= 11 is 3.53.